The summed E-state index contributed by atoms with van der Waals surface area (Å²) in [5, 5.41) is 17.1. The number of amides is 1. The Labute approximate surface area is 210 Å². The molecule has 4 rings (SSSR count). The summed E-state index contributed by atoms with van der Waals surface area (Å²) in [6.07, 6.45) is -2.73. The fourth-order valence-corrected chi connectivity index (χ4v) is 3.51. The number of rotatable bonds is 4. The van der Waals surface area contributed by atoms with E-state index in [0.29, 0.717) is 18.9 Å². The van der Waals surface area contributed by atoms with Gasteiger partial charge in [-0.25, -0.2) is 19.6 Å². The lowest BCUT2D eigenvalue weighted by molar-refractivity contribution is -0.193. The van der Waals surface area contributed by atoms with Crippen molar-refractivity contribution in [2.75, 3.05) is 29.9 Å². The highest BCUT2D eigenvalue weighted by molar-refractivity contribution is 5.90. The van der Waals surface area contributed by atoms with E-state index in [1.165, 1.54) is 0 Å². The van der Waals surface area contributed by atoms with Crippen molar-refractivity contribution in [1.29, 1.82) is 0 Å². The summed E-state index contributed by atoms with van der Waals surface area (Å²) in [7, 11) is 0. The Morgan fingerprint density at radius 3 is 2.05 bits per heavy atom. The van der Waals surface area contributed by atoms with Crippen LogP contribution in [0, 0.1) is 11.8 Å². The summed E-state index contributed by atoms with van der Waals surface area (Å²) in [6, 6.07) is 5.45. The predicted molar refractivity (Wildman–Crippen MR) is 116 cm³/mol. The first kappa shape index (κ1) is 30.2. The van der Waals surface area contributed by atoms with Crippen LogP contribution >= 0.6 is 0 Å². The number of anilines is 2. The largest absolute Gasteiger partial charge is 0.490 e. The minimum Gasteiger partial charge on any atom is -0.475 e. The lowest BCUT2D eigenvalue weighted by Gasteiger charge is -2.19. The highest BCUT2D eigenvalue weighted by atomic mass is 19.4. The lowest BCUT2D eigenvalue weighted by Crippen LogP contribution is -2.27. The van der Waals surface area contributed by atoms with Crippen molar-refractivity contribution in [1.82, 2.24) is 15.0 Å². The van der Waals surface area contributed by atoms with Gasteiger partial charge in [0.1, 0.15) is 0 Å². The molecular weight excluding hydrogens is 532 g/mol. The van der Waals surface area contributed by atoms with Crippen LogP contribution in [0.5, 0.6) is 0 Å². The third-order valence-corrected chi connectivity index (χ3v) is 5.15. The molecule has 11 nitrogen and oxygen atoms in total. The van der Waals surface area contributed by atoms with E-state index in [1.54, 1.807) is 30.9 Å². The van der Waals surface area contributed by atoms with Gasteiger partial charge in [0.05, 0.1) is 24.6 Å². The number of fused-ring (bicyclic) bond motifs is 1. The molecule has 2 aromatic heterocycles. The number of nitrogens with one attached hydrogen (secondary N) is 1. The number of halogens is 6. The number of pyridine rings is 1. The van der Waals surface area contributed by atoms with E-state index < -0.39 is 24.3 Å². The maximum atomic E-state index is 12.3. The van der Waals surface area contributed by atoms with Crippen LogP contribution in [0.3, 0.4) is 0 Å². The SMILES string of the molecule is O=C(C[C@@H]1CO[C@@H]2CN(c3ncccn3)C[C@H]12)Nc1cccnc1.O=C(O)C(F)(F)F.O=C(O)C(F)(F)F. The van der Waals surface area contributed by atoms with Gasteiger partial charge in [0.25, 0.3) is 0 Å². The monoisotopic (exact) mass is 553 g/mol. The van der Waals surface area contributed by atoms with Crippen molar-refractivity contribution in [3.63, 3.8) is 0 Å². The van der Waals surface area contributed by atoms with Crippen molar-refractivity contribution in [2.24, 2.45) is 11.8 Å². The van der Waals surface area contributed by atoms with E-state index in [2.05, 4.69) is 25.2 Å². The summed E-state index contributed by atoms with van der Waals surface area (Å²) < 4.78 is 69.4. The van der Waals surface area contributed by atoms with Gasteiger partial charge in [0.2, 0.25) is 11.9 Å². The van der Waals surface area contributed by atoms with E-state index in [9.17, 15) is 31.1 Å². The Bertz CT molecular complexity index is 1050. The predicted octanol–water partition coefficient (Wildman–Crippen LogP) is 2.62. The molecule has 38 heavy (non-hydrogen) atoms. The Morgan fingerprint density at radius 1 is 0.974 bits per heavy atom. The minimum atomic E-state index is -5.08. The summed E-state index contributed by atoms with van der Waals surface area (Å²) in [4.78, 5) is 44.8. The number of hydrogen-bond acceptors (Lipinski definition) is 8. The van der Waals surface area contributed by atoms with Crippen LogP contribution in [0.4, 0.5) is 38.0 Å². The Morgan fingerprint density at radius 2 is 1.55 bits per heavy atom. The number of hydrogen-bond donors (Lipinski definition) is 3. The number of ether oxygens (including phenoxy) is 1. The molecule has 4 heterocycles. The molecule has 2 aliphatic heterocycles. The molecule has 2 saturated heterocycles. The maximum Gasteiger partial charge on any atom is 0.490 e. The van der Waals surface area contributed by atoms with Gasteiger partial charge in [0, 0.05) is 44.0 Å². The standard InChI is InChI=1S/C17H19N5O2.2C2HF3O2/c23-16(21-13-3-1-4-18-8-13)7-12-11-24-15-10-22(9-14(12)15)17-19-5-2-6-20-17;2*3-2(4,5)1(6)7/h1-6,8,12,14-15H,7,9-11H2,(H,21,23);2*(H,6,7)/t12-,14-,15-;;/m1../s1. The van der Waals surface area contributed by atoms with Crippen molar-refractivity contribution in [2.45, 2.75) is 24.9 Å². The first-order valence-electron chi connectivity index (χ1n) is 10.6. The lowest BCUT2D eigenvalue weighted by atomic mass is 9.90. The molecule has 2 aromatic rings. The quantitative estimate of drug-likeness (QED) is 0.482. The van der Waals surface area contributed by atoms with Gasteiger partial charge in [-0.1, -0.05) is 0 Å². The molecule has 17 heteroatoms. The number of aliphatic carboxylic acids is 2. The van der Waals surface area contributed by atoms with E-state index in [-0.39, 0.29) is 17.9 Å². The van der Waals surface area contributed by atoms with Gasteiger partial charge in [-0.2, -0.15) is 26.3 Å². The van der Waals surface area contributed by atoms with Gasteiger partial charge >= 0.3 is 24.3 Å². The number of carboxylic acids is 2. The van der Waals surface area contributed by atoms with Crippen molar-refractivity contribution >= 4 is 29.5 Å². The van der Waals surface area contributed by atoms with Crippen molar-refractivity contribution < 1.29 is 55.7 Å². The minimum absolute atomic E-state index is 0.00617. The first-order valence-corrected chi connectivity index (χ1v) is 10.6. The second-order valence-electron chi connectivity index (χ2n) is 7.85. The van der Waals surface area contributed by atoms with E-state index in [0.717, 1.165) is 24.7 Å². The first-order chi connectivity index (χ1) is 17.7. The zero-order valence-electron chi connectivity index (χ0n) is 19.2. The van der Waals surface area contributed by atoms with Gasteiger partial charge in [-0.3, -0.25) is 9.78 Å². The zero-order chi connectivity index (χ0) is 28.5. The van der Waals surface area contributed by atoms with Crippen LogP contribution in [-0.4, -0.2) is 81.2 Å². The average molecular weight is 553 g/mol. The van der Waals surface area contributed by atoms with Crippen LogP contribution in [0.25, 0.3) is 0 Å². The molecule has 3 atom stereocenters. The van der Waals surface area contributed by atoms with Crippen molar-refractivity contribution in [3.8, 4) is 0 Å². The summed E-state index contributed by atoms with van der Waals surface area (Å²) >= 11 is 0. The molecular formula is C21H21F6N5O6. The van der Waals surface area contributed by atoms with Crippen LogP contribution in [0.15, 0.2) is 43.0 Å². The van der Waals surface area contributed by atoms with Crippen LogP contribution in [0.1, 0.15) is 6.42 Å². The highest BCUT2D eigenvalue weighted by Gasteiger charge is 2.45. The Balaban J connectivity index is 0.000000301. The maximum absolute atomic E-state index is 12.3. The average Bonchev–Trinajstić information content (AvgIpc) is 3.42. The summed E-state index contributed by atoms with van der Waals surface area (Å²) in [5.41, 5.74) is 0.726. The highest BCUT2D eigenvalue weighted by Crippen LogP contribution is 2.36. The zero-order valence-corrected chi connectivity index (χ0v) is 19.2. The van der Waals surface area contributed by atoms with Gasteiger partial charge in [-0.05, 0) is 24.1 Å². The van der Waals surface area contributed by atoms with E-state index in [4.69, 9.17) is 24.5 Å². The Kier molecular flexibility index (Phi) is 10.3. The molecule has 0 bridgehead atoms. The van der Waals surface area contributed by atoms with Gasteiger partial charge < -0.3 is 25.2 Å². The molecule has 0 aliphatic carbocycles. The second-order valence-corrected chi connectivity index (χ2v) is 7.85. The van der Waals surface area contributed by atoms with Crippen LogP contribution < -0.4 is 10.2 Å². The molecule has 0 unspecified atom stereocenters. The Hall–Kier alpha value is -4.02. The smallest absolute Gasteiger partial charge is 0.475 e. The molecule has 0 radical (unpaired) electrons. The van der Waals surface area contributed by atoms with Gasteiger partial charge in [0.15, 0.2) is 0 Å². The third-order valence-electron chi connectivity index (χ3n) is 5.15. The molecule has 2 aliphatic rings. The summed E-state index contributed by atoms with van der Waals surface area (Å²) in [5.74, 6) is -4.21. The normalized spacial score (nSPS) is 20.3. The van der Waals surface area contributed by atoms with Gasteiger partial charge in [-0.15, -0.1) is 0 Å². The second kappa shape index (κ2) is 13.0. The molecule has 1 amide bonds. The van der Waals surface area contributed by atoms with E-state index >= 15 is 0 Å². The fraction of sp³-hybridized carbons (Fsp3) is 0.429. The number of alkyl halides is 6. The molecule has 0 spiro atoms. The number of carbonyl (C=O) groups is 3. The molecule has 3 N–H and O–H groups in total. The third kappa shape index (κ3) is 9.45. The van der Waals surface area contributed by atoms with Crippen LogP contribution in [-0.2, 0) is 19.1 Å². The van der Waals surface area contributed by atoms with Crippen LogP contribution in [0.2, 0.25) is 0 Å². The number of aromatic nitrogens is 3. The topological polar surface area (TPSA) is 155 Å². The number of carboxylic acid groups (broad SMARTS) is 2. The molecule has 0 aromatic carbocycles. The van der Waals surface area contributed by atoms with Crippen molar-refractivity contribution in [3.05, 3.63) is 43.0 Å². The summed E-state index contributed by atoms with van der Waals surface area (Å²) in [6.45, 7) is 2.26. The molecule has 0 saturated carbocycles. The molecule has 2 fully saturated rings. The van der Waals surface area contributed by atoms with E-state index in [1.807, 2.05) is 12.1 Å². The number of nitrogens with zero attached hydrogens (tertiary/aromatic N) is 4. The number of carbonyl (C=O) groups excluding carboxylic acids is 1. The fourth-order valence-electron chi connectivity index (χ4n) is 3.51. The molecule has 208 valence electrons.